The number of aliphatic hydroxyl groups excluding tert-OH is 1. The van der Waals surface area contributed by atoms with Crippen LogP contribution in [0.4, 0.5) is 0 Å². The number of hydrogen-bond donors (Lipinski definition) is 1. The minimum atomic E-state index is -0.882. The zero-order valence-corrected chi connectivity index (χ0v) is 18.5. The Labute approximate surface area is 173 Å². The molecule has 0 rings (SSSR count). The molecule has 0 aromatic carbocycles. The van der Waals surface area contributed by atoms with Gasteiger partial charge in [0.1, 0.15) is 6.61 Å². The molecule has 5 heteroatoms. The lowest BCUT2D eigenvalue weighted by molar-refractivity contribution is -0.160. The first-order valence-electron chi connectivity index (χ1n) is 11.5. The van der Waals surface area contributed by atoms with Crippen molar-refractivity contribution in [2.24, 2.45) is 0 Å². The number of aliphatic hydroxyl groups is 1. The van der Waals surface area contributed by atoms with Crippen LogP contribution in [0.1, 0.15) is 104 Å². The fraction of sp³-hybridized carbons (Fsp3) is 0.913. The van der Waals surface area contributed by atoms with Crippen molar-refractivity contribution in [2.75, 3.05) is 19.8 Å². The van der Waals surface area contributed by atoms with Crippen LogP contribution in [-0.4, -0.2) is 43.3 Å². The van der Waals surface area contributed by atoms with Crippen LogP contribution in [0.2, 0.25) is 0 Å². The van der Waals surface area contributed by atoms with Crippen LogP contribution in [0.3, 0.4) is 0 Å². The van der Waals surface area contributed by atoms with Gasteiger partial charge in [0.05, 0.1) is 12.5 Å². The van der Waals surface area contributed by atoms with E-state index in [0.717, 1.165) is 12.8 Å². The van der Waals surface area contributed by atoms with Crippen LogP contribution >= 0.6 is 0 Å². The lowest BCUT2D eigenvalue weighted by Gasteiger charge is -2.18. The van der Waals surface area contributed by atoms with E-state index >= 15 is 0 Å². The molecule has 0 saturated carbocycles. The summed E-state index contributed by atoms with van der Waals surface area (Å²) in [5.41, 5.74) is 0. The quantitative estimate of drug-likeness (QED) is 0.154. The van der Waals surface area contributed by atoms with Crippen molar-refractivity contribution in [1.82, 2.24) is 0 Å². The van der Waals surface area contributed by atoms with Crippen LogP contribution in [0.5, 0.6) is 0 Å². The maximum absolute atomic E-state index is 11.7. The first-order valence-corrected chi connectivity index (χ1v) is 11.5. The zero-order valence-electron chi connectivity index (χ0n) is 18.5. The molecule has 0 aliphatic carbocycles. The van der Waals surface area contributed by atoms with Crippen molar-refractivity contribution >= 4 is 5.97 Å². The monoisotopic (exact) mass is 401 g/mol. The van der Waals surface area contributed by atoms with E-state index in [2.05, 4.69) is 20.8 Å². The van der Waals surface area contributed by atoms with E-state index in [1.807, 2.05) is 0 Å². The molecule has 0 aliphatic heterocycles. The number of ether oxygens (including phenoxy) is 3. The fourth-order valence-corrected chi connectivity index (χ4v) is 2.91. The summed E-state index contributed by atoms with van der Waals surface area (Å²) < 4.78 is 16.7. The van der Waals surface area contributed by atoms with Crippen LogP contribution in [0.15, 0.2) is 0 Å². The summed E-state index contributed by atoms with van der Waals surface area (Å²) in [5.74, 6) is -0.348. The van der Waals surface area contributed by atoms with Gasteiger partial charge in [0.15, 0.2) is 6.29 Å². The van der Waals surface area contributed by atoms with Crippen molar-refractivity contribution in [3.8, 4) is 0 Å². The maximum atomic E-state index is 11.7. The Morgan fingerprint density at radius 2 is 1.29 bits per heavy atom. The molecule has 1 N–H and O–H groups in total. The van der Waals surface area contributed by atoms with Gasteiger partial charge < -0.3 is 19.3 Å². The summed E-state index contributed by atoms with van der Waals surface area (Å²) in [6.07, 6.45) is 14.1. The molecule has 0 spiro atoms. The predicted octanol–water partition coefficient (Wildman–Crippen LogP) is 5.59. The van der Waals surface area contributed by atoms with Crippen LogP contribution in [0, 0.1) is 6.92 Å². The minimum absolute atomic E-state index is 0.0687. The highest BCUT2D eigenvalue weighted by molar-refractivity contribution is 5.69. The van der Waals surface area contributed by atoms with Gasteiger partial charge >= 0.3 is 5.97 Å². The predicted molar refractivity (Wildman–Crippen MR) is 114 cm³/mol. The molecule has 0 amide bonds. The second kappa shape index (κ2) is 21.1. The highest BCUT2D eigenvalue weighted by atomic mass is 16.7. The van der Waals surface area contributed by atoms with Gasteiger partial charge in [0.25, 0.3) is 0 Å². The molecule has 1 atom stereocenters. The Kier molecular flexibility index (Phi) is 20.6. The van der Waals surface area contributed by atoms with Crippen LogP contribution < -0.4 is 0 Å². The topological polar surface area (TPSA) is 65.0 Å². The number of carbonyl (C=O) groups is 1. The molecule has 0 aromatic heterocycles. The van der Waals surface area contributed by atoms with Crippen molar-refractivity contribution in [3.05, 3.63) is 6.92 Å². The molecule has 167 valence electrons. The van der Waals surface area contributed by atoms with E-state index < -0.39 is 6.10 Å². The summed E-state index contributed by atoms with van der Waals surface area (Å²) in [5, 5.41) is 9.08. The normalized spacial score (nSPS) is 12.5. The van der Waals surface area contributed by atoms with Crippen molar-refractivity contribution in [3.63, 3.8) is 0 Å². The zero-order chi connectivity index (χ0) is 20.9. The third-order valence-electron chi connectivity index (χ3n) is 4.62. The minimum Gasteiger partial charge on any atom is -0.463 e. The number of rotatable bonds is 21. The highest BCUT2D eigenvalue weighted by Crippen LogP contribution is 2.11. The van der Waals surface area contributed by atoms with E-state index in [1.54, 1.807) is 0 Å². The van der Waals surface area contributed by atoms with Gasteiger partial charge in [0.2, 0.25) is 0 Å². The summed E-state index contributed by atoms with van der Waals surface area (Å²) in [4.78, 5) is 11.7. The number of unbranched alkanes of at least 4 members (excludes halogenated alkanes) is 10. The smallest absolute Gasteiger partial charge is 0.306 e. The molecule has 0 bridgehead atoms. The first-order chi connectivity index (χ1) is 13.6. The number of carbonyl (C=O) groups excluding carboxylic acids is 1. The van der Waals surface area contributed by atoms with E-state index in [1.165, 1.54) is 64.2 Å². The Bertz CT molecular complexity index is 315. The number of hydrogen-bond acceptors (Lipinski definition) is 5. The van der Waals surface area contributed by atoms with E-state index in [4.69, 9.17) is 19.3 Å². The molecule has 0 saturated heterocycles. The largest absolute Gasteiger partial charge is 0.463 e. The molecular weight excluding hydrogens is 356 g/mol. The molecule has 1 radical (unpaired) electrons. The lowest BCUT2D eigenvalue weighted by atomic mass is 10.1. The van der Waals surface area contributed by atoms with Crippen LogP contribution in [-0.2, 0) is 19.0 Å². The van der Waals surface area contributed by atoms with Gasteiger partial charge in [-0.25, -0.2) is 0 Å². The molecule has 0 fully saturated rings. The van der Waals surface area contributed by atoms with Gasteiger partial charge in [0, 0.05) is 19.6 Å². The SMILES string of the molecule is [CH2]C(O)COC(=O)CCC(OCCCCCCCC)OCCCCCCCC. The van der Waals surface area contributed by atoms with Gasteiger partial charge in [-0.1, -0.05) is 78.1 Å². The Balaban J connectivity index is 3.99. The summed E-state index contributed by atoms with van der Waals surface area (Å²) in [7, 11) is 0. The Hall–Kier alpha value is -0.650. The third kappa shape index (κ3) is 20.1. The molecule has 0 heterocycles. The average Bonchev–Trinajstić information content (AvgIpc) is 2.68. The fourth-order valence-electron chi connectivity index (χ4n) is 2.91. The molecule has 0 aliphatic rings. The Morgan fingerprint density at radius 3 is 1.75 bits per heavy atom. The van der Waals surface area contributed by atoms with Gasteiger partial charge in [-0.05, 0) is 19.8 Å². The van der Waals surface area contributed by atoms with Gasteiger partial charge in [-0.15, -0.1) is 0 Å². The summed E-state index contributed by atoms with van der Waals surface area (Å²) >= 11 is 0. The highest BCUT2D eigenvalue weighted by Gasteiger charge is 2.14. The van der Waals surface area contributed by atoms with Crippen molar-refractivity contribution < 1.29 is 24.1 Å². The molecule has 28 heavy (non-hydrogen) atoms. The standard InChI is InChI=1S/C23H45O5/c1-4-6-8-10-12-14-18-26-23(17-16-22(25)28-20-21(3)24)27-19-15-13-11-9-7-5-2/h21,23-24H,3-20H2,1-2H3. The molecular formula is C23H45O5. The third-order valence-corrected chi connectivity index (χ3v) is 4.62. The van der Waals surface area contributed by atoms with Crippen molar-refractivity contribution in [2.45, 2.75) is 116 Å². The molecule has 0 aromatic rings. The second-order valence-electron chi connectivity index (χ2n) is 7.58. The maximum Gasteiger partial charge on any atom is 0.306 e. The van der Waals surface area contributed by atoms with Gasteiger partial charge in [-0.3, -0.25) is 4.79 Å². The Morgan fingerprint density at radius 1 is 0.821 bits per heavy atom. The first kappa shape index (κ1) is 27.4. The second-order valence-corrected chi connectivity index (χ2v) is 7.58. The number of esters is 1. The summed E-state index contributed by atoms with van der Waals surface area (Å²) in [6, 6.07) is 0. The summed E-state index contributed by atoms with van der Waals surface area (Å²) in [6.45, 7) is 9.09. The van der Waals surface area contributed by atoms with E-state index in [-0.39, 0.29) is 25.3 Å². The average molecular weight is 402 g/mol. The van der Waals surface area contributed by atoms with Crippen LogP contribution in [0.25, 0.3) is 0 Å². The van der Waals surface area contributed by atoms with Gasteiger partial charge in [-0.2, -0.15) is 0 Å². The lowest BCUT2D eigenvalue weighted by Crippen LogP contribution is -2.22. The molecule has 1 unspecified atom stereocenters. The van der Waals surface area contributed by atoms with E-state index in [0.29, 0.717) is 19.6 Å². The molecule has 5 nitrogen and oxygen atoms in total. The van der Waals surface area contributed by atoms with Crippen molar-refractivity contribution in [1.29, 1.82) is 0 Å². The van der Waals surface area contributed by atoms with E-state index in [9.17, 15) is 4.79 Å².